The summed E-state index contributed by atoms with van der Waals surface area (Å²) in [4.78, 5) is 11.6. The Morgan fingerprint density at radius 2 is 1.77 bits per heavy atom. The topological polar surface area (TPSA) is 57.1 Å². The highest BCUT2D eigenvalue weighted by Crippen LogP contribution is 2.25. The van der Waals surface area contributed by atoms with E-state index >= 15 is 0 Å². The number of halogens is 1. The van der Waals surface area contributed by atoms with Crippen LogP contribution in [-0.2, 0) is 4.79 Å². The predicted molar refractivity (Wildman–Crippen MR) is 84.9 cm³/mol. The molecule has 0 atom stereocenters. The van der Waals surface area contributed by atoms with Gasteiger partial charge in [-0.05, 0) is 12.1 Å². The van der Waals surface area contributed by atoms with Gasteiger partial charge in [0, 0.05) is 21.7 Å². The van der Waals surface area contributed by atoms with Crippen LogP contribution < -0.4 is 5.43 Å². The van der Waals surface area contributed by atoms with E-state index in [0.717, 1.165) is 22.4 Å². The van der Waals surface area contributed by atoms with Crippen molar-refractivity contribution in [2.75, 3.05) is 6.54 Å². The fraction of sp³-hybridized carbons (Fsp3) is 0.0625. The lowest BCUT2D eigenvalue weighted by Crippen LogP contribution is -2.45. The van der Waals surface area contributed by atoms with Gasteiger partial charge < -0.3 is 0 Å². The zero-order chi connectivity index (χ0) is 15.1. The Morgan fingerprint density at radius 3 is 2.55 bits per heavy atom. The third-order valence-corrected chi connectivity index (χ3v) is 3.84. The molecular formula is C16H11ClN4O. The van der Waals surface area contributed by atoms with Crippen LogP contribution in [-0.4, -0.2) is 29.0 Å². The summed E-state index contributed by atoms with van der Waals surface area (Å²) in [6.45, 7) is 0.157. The molecule has 2 heterocycles. The van der Waals surface area contributed by atoms with Crippen LogP contribution in [0.4, 0.5) is 0 Å². The van der Waals surface area contributed by atoms with Crippen LogP contribution in [0.5, 0.6) is 0 Å². The van der Waals surface area contributed by atoms with Gasteiger partial charge in [-0.15, -0.1) is 0 Å². The van der Waals surface area contributed by atoms with E-state index in [2.05, 4.69) is 15.6 Å². The van der Waals surface area contributed by atoms with E-state index in [-0.39, 0.29) is 12.5 Å². The lowest BCUT2D eigenvalue weighted by molar-refractivity contribution is -0.122. The number of hydrazone groups is 2. The van der Waals surface area contributed by atoms with Gasteiger partial charge in [-0.1, -0.05) is 48.0 Å². The fourth-order valence-corrected chi connectivity index (χ4v) is 2.71. The number of benzene rings is 2. The Hall–Kier alpha value is -2.66. The molecule has 5 nitrogen and oxygen atoms in total. The van der Waals surface area contributed by atoms with Crippen LogP contribution in [0.3, 0.4) is 0 Å². The van der Waals surface area contributed by atoms with E-state index in [9.17, 15) is 4.79 Å². The van der Waals surface area contributed by atoms with Crippen molar-refractivity contribution in [3.63, 3.8) is 0 Å². The molecule has 2 aromatic rings. The first-order valence-corrected chi connectivity index (χ1v) is 7.18. The molecule has 0 saturated carbocycles. The Morgan fingerprint density at radius 1 is 1.05 bits per heavy atom. The van der Waals surface area contributed by atoms with Crippen LogP contribution in [0, 0.1) is 0 Å². The van der Waals surface area contributed by atoms with Gasteiger partial charge in [-0.2, -0.15) is 10.2 Å². The molecule has 0 aromatic heterocycles. The molecule has 4 rings (SSSR count). The van der Waals surface area contributed by atoms with Crippen LogP contribution in [0.25, 0.3) is 0 Å². The van der Waals surface area contributed by atoms with Gasteiger partial charge in [0.1, 0.15) is 6.54 Å². The van der Waals surface area contributed by atoms with Crippen molar-refractivity contribution in [1.82, 2.24) is 10.4 Å². The Bertz CT molecular complexity index is 826. The molecule has 1 N–H and O–H groups in total. The third-order valence-electron chi connectivity index (χ3n) is 3.59. The minimum atomic E-state index is -0.178. The summed E-state index contributed by atoms with van der Waals surface area (Å²) in [5.74, 6) is 0.482. The Labute approximate surface area is 131 Å². The highest BCUT2D eigenvalue weighted by atomic mass is 35.5. The molecule has 2 aliphatic rings. The van der Waals surface area contributed by atoms with Crippen molar-refractivity contribution in [2.24, 2.45) is 10.2 Å². The van der Waals surface area contributed by atoms with Crippen molar-refractivity contribution in [2.45, 2.75) is 0 Å². The van der Waals surface area contributed by atoms with Gasteiger partial charge in [0.25, 0.3) is 5.91 Å². The molecule has 22 heavy (non-hydrogen) atoms. The summed E-state index contributed by atoms with van der Waals surface area (Å²) in [5.41, 5.74) is 6.19. The highest BCUT2D eigenvalue weighted by molar-refractivity contribution is 6.31. The summed E-state index contributed by atoms with van der Waals surface area (Å²) in [6, 6.07) is 15.4. The van der Waals surface area contributed by atoms with Crippen LogP contribution in [0.1, 0.15) is 16.7 Å². The second kappa shape index (κ2) is 4.96. The summed E-state index contributed by atoms with van der Waals surface area (Å²) in [5, 5.41) is 11.0. The molecule has 108 valence electrons. The minimum Gasteiger partial charge on any atom is -0.271 e. The number of rotatable bonds is 1. The molecule has 1 amide bonds. The first-order chi connectivity index (χ1) is 10.7. The summed E-state index contributed by atoms with van der Waals surface area (Å²) in [7, 11) is 0. The largest absolute Gasteiger partial charge is 0.271 e. The van der Waals surface area contributed by atoms with E-state index in [4.69, 9.17) is 11.6 Å². The number of hydrogen-bond donors (Lipinski definition) is 1. The van der Waals surface area contributed by atoms with Crippen LogP contribution >= 0.6 is 11.6 Å². The van der Waals surface area contributed by atoms with Crippen molar-refractivity contribution >= 4 is 29.1 Å². The molecule has 6 heteroatoms. The van der Waals surface area contributed by atoms with E-state index in [1.807, 2.05) is 48.5 Å². The zero-order valence-electron chi connectivity index (χ0n) is 11.5. The Balaban J connectivity index is 1.91. The summed E-state index contributed by atoms with van der Waals surface area (Å²) < 4.78 is 0. The van der Waals surface area contributed by atoms with Crippen LogP contribution in [0.15, 0.2) is 58.7 Å². The molecule has 0 fully saturated rings. The maximum Gasteiger partial charge on any atom is 0.261 e. The molecule has 0 bridgehead atoms. The van der Waals surface area contributed by atoms with Gasteiger partial charge in [-0.25, -0.2) is 10.4 Å². The van der Waals surface area contributed by atoms with E-state index in [0.29, 0.717) is 10.9 Å². The molecule has 0 radical (unpaired) electrons. The van der Waals surface area contributed by atoms with Crippen molar-refractivity contribution in [3.05, 3.63) is 70.2 Å². The summed E-state index contributed by atoms with van der Waals surface area (Å²) in [6.07, 6.45) is 0. The van der Waals surface area contributed by atoms with Gasteiger partial charge >= 0.3 is 0 Å². The zero-order valence-corrected chi connectivity index (χ0v) is 12.2. The van der Waals surface area contributed by atoms with Gasteiger partial charge in [-0.3, -0.25) is 4.79 Å². The third kappa shape index (κ3) is 2.07. The lowest BCUT2D eigenvalue weighted by atomic mass is 9.95. The van der Waals surface area contributed by atoms with E-state index in [1.165, 1.54) is 0 Å². The van der Waals surface area contributed by atoms with Crippen molar-refractivity contribution in [3.8, 4) is 0 Å². The molecule has 0 spiro atoms. The number of amidine groups is 1. The SMILES string of the molecule is O=C1CN2N=C(c3ccc(Cl)cc3)c3ccccc3C2=NN1. The molecule has 0 aliphatic carbocycles. The maximum absolute atomic E-state index is 11.6. The van der Waals surface area contributed by atoms with Crippen molar-refractivity contribution in [1.29, 1.82) is 0 Å². The monoisotopic (exact) mass is 310 g/mol. The summed E-state index contributed by atoms with van der Waals surface area (Å²) >= 11 is 5.96. The van der Waals surface area contributed by atoms with E-state index < -0.39 is 0 Å². The standard InChI is InChI=1S/C16H11ClN4O/c17-11-7-5-10(6-8-11)15-12-3-1-2-4-13(12)16-19-18-14(22)9-21(16)20-15/h1-8H,9H2,(H,18,22). The van der Waals surface area contributed by atoms with Gasteiger partial charge in [0.15, 0.2) is 5.84 Å². The van der Waals surface area contributed by atoms with Crippen LogP contribution in [0.2, 0.25) is 5.02 Å². The number of fused-ring (bicyclic) bond motifs is 3. The van der Waals surface area contributed by atoms with Gasteiger partial charge in [0.2, 0.25) is 0 Å². The average molecular weight is 311 g/mol. The smallest absolute Gasteiger partial charge is 0.261 e. The highest BCUT2D eigenvalue weighted by Gasteiger charge is 2.29. The molecule has 2 aromatic carbocycles. The molecule has 2 aliphatic heterocycles. The number of hydrogen-bond acceptors (Lipinski definition) is 4. The Kier molecular flexibility index (Phi) is 2.94. The van der Waals surface area contributed by atoms with Crippen molar-refractivity contribution < 1.29 is 4.79 Å². The number of carbonyl (C=O) groups is 1. The fourth-order valence-electron chi connectivity index (χ4n) is 2.58. The average Bonchev–Trinajstić information content (AvgIpc) is 2.54. The second-order valence-electron chi connectivity index (χ2n) is 5.03. The number of nitrogens with zero attached hydrogens (tertiary/aromatic N) is 3. The molecule has 0 unspecified atom stereocenters. The number of nitrogens with one attached hydrogen (secondary N) is 1. The number of amides is 1. The van der Waals surface area contributed by atoms with E-state index in [1.54, 1.807) is 5.01 Å². The minimum absolute atomic E-state index is 0.157. The first-order valence-electron chi connectivity index (χ1n) is 6.81. The van der Waals surface area contributed by atoms with Gasteiger partial charge in [0.05, 0.1) is 5.71 Å². The predicted octanol–water partition coefficient (Wildman–Crippen LogP) is 2.20. The maximum atomic E-state index is 11.6. The number of carbonyl (C=O) groups excluding carboxylic acids is 1. The molecular weight excluding hydrogens is 300 g/mol. The first kappa shape index (κ1) is 13.0. The lowest BCUT2D eigenvalue weighted by Gasteiger charge is -2.30. The normalized spacial score (nSPS) is 16.2. The quantitative estimate of drug-likeness (QED) is 0.878. The second-order valence-corrected chi connectivity index (χ2v) is 5.47. The molecule has 0 saturated heterocycles.